The van der Waals surface area contributed by atoms with Crippen LogP contribution < -0.4 is 9.64 Å². The number of nitrogens with zero attached hydrogens (tertiary/aromatic N) is 1. The molecule has 1 aliphatic rings. The molecule has 2 aromatic carbocycles. The van der Waals surface area contributed by atoms with Crippen molar-refractivity contribution in [2.45, 2.75) is 26.2 Å². The number of benzene rings is 2. The number of carbonyl (C=O) groups is 1. The fourth-order valence-corrected chi connectivity index (χ4v) is 3.23. The van der Waals surface area contributed by atoms with Crippen LogP contribution in [0.4, 0.5) is 5.69 Å². The molecular formula is C24H25NO3. The Kier molecular flexibility index (Phi) is 6.68. The molecule has 3 rings (SSSR count). The summed E-state index contributed by atoms with van der Waals surface area (Å²) in [5.74, 6) is 0.0917. The van der Waals surface area contributed by atoms with E-state index in [4.69, 9.17) is 4.74 Å². The maximum absolute atomic E-state index is 10.5. The van der Waals surface area contributed by atoms with Crippen molar-refractivity contribution in [2.24, 2.45) is 0 Å². The first-order valence-corrected chi connectivity index (χ1v) is 9.59. The Bertz CT molecular complexity index is 912. The first kappa shape index (κ1) is 19.5. The summed E-state index contributed by atoms with van der Waals surface area (Å²) in [4.78, 5) is 12.9. The number of ether oxygens (including phenoxy) is 1. The summed E-state index contributed by atoms with van der Waals surface area (Å²) in [6.45, 7) is 3.50. The van der Waals surface area contributed by atoms with Gasteiger partial charge >= 0.3 is 0 Å². The highest BCUT2D eigenvalue weighted by atomic mass is 16.5. The first-order valence-electron chi connectivity index (χ1n) is 9.59. The number of allylic oxidation sites excluding steroid dienone is 3. The molecule has 0 unspecified atom stereocenters. The van der Waals surface area contributed by atoms with Crippen molar-refractivity contribution in [1.29, 1.82) is 0 Å². The third kappa shape index (κ3) is 4.71. The highest BCUT2D eigenvalue weighted by Crippen LogP contribution is 2.31. The largest absolute Gasteiger partial charge is 0.504 e. The van der Waals surface area contributed by atoms with Gasteiger partial charge in [0.15, 0.2) is 11.5 Å². The highest BCUT2D eigenvalue weighted by Gasteiger charge is 2.15. The van der Waals surface area contributed by atoms with Crippen LogP contribution in [0.15, 0.2) is 66.4 Å². The lowest BCUT2D eigenvalue weighted by Gasteiger charge is -2.30. The van der Waals surface area contributed by atoms with Crippen LogP contribution in [0.3, 0.4) is 0 Å². The molecule has 0 aromatic heterocycles. The van der Waals surface area contributed by atoms with Crippen LogP contribution in [-0.2, 0) is 4.79 Å². The minimum Gasteiger partial charge on any atom is -0.504 e. The zero-order chi connectivity index (χ0) is 19.8. The van der Waals surface area contributed by atoms with E-state index in [1.54, 1.807) is 12.1 Å². The number of unbranched alkanes of at least 4 members (excludes halogenated alkanes) is 2. The minimum atomic E-state index is -0.0588. The Labute approximate surface area is 166 Å². The molecule has 0 spiro atoms. The molecule has 2 aromatic rings. The monoisotopic (exact) mass is 375 g/mol. The van der Waals surface area contributed by atoms with Crippen LogP contribution in [0.2, 0.25) is 0 Å². The molecule has 0 bridgehead atoms. The van der Waals surface area contributed by atoms with Gasteiger partial charge in [-0.15, -0.1) is 0 Å². The van der Waals surface area contributed by atoms with E-state index in [0.717, 1.165) is 24.2 Å². The second-order valence-electron chi connectivity index (χ2n) is 6.64. The van der Waals surface area contributed by atoms with Crippen LogP contribution in [0.5, 0.6) is 11.5 Å². The molecule has 0 saturated carbocycles. The molecule has 0 fully saturated rings. The second-order valence-corrected chi connectivity index (χ2v) is 6.64. The molecule has 144 valence electrons. The Morgan fingerprint density at radius 2 is 1.96 bits per heavy atom. The van der Waals surface area contributed by atoms with Crippen LogP contribution in [0.25, 0.3) is 12.2 Å². The summed E-state index contributed by atoms with van der Waals surface area (Å²) >= 11 is 0. The van der Waals surface area contributed by atoms with Gasteiger partial charge < -0.3 is 14.7 Å². The topological polar surface area (TPSA) is 49.8 Å². The molecule has 0 amide bonds. The summed E-state index contributed by atoms with van der Waals surface area (Å²) in [6, 6.07) is 13.3. The van der Waals surface area contributed by atoms with Crippen molar-refractivity contribution in [3.8, 4) is 11.5 Å². The van der Waals surface area contributed by atoms with Crippen molar-refractivity contribution in [1.82, 2.24) is 0 Å². The van der Waals surface area contributed by atoms with E-state index in [2.05, 4.69) is 54.3 Å². The van der Waals surface area contributed by atoms with Gasteiger partial charge in [0.25, 0.3) is 6.47 Å². The van der Waals surface area contributed by atoms with Gasteiger partial charge in [-0.1, -0.05) is 62.3 Å². The maximum atomic E-state index is 10.5. The summed E-state index contributed by atoms with van der Waals surface area (Å²) in [5.41, 5.74) is 4.43. The molecule has 1 aliphatic heterocycles. The van der Waals surface area contributed by atoms with E-state index in [9.17, 15) is 9.90 Å². The van der Waals surface area contributed by atoms with Gasteiger partial charge in [0.2, 0.25) is 0 Å². The fourth-order valence-electron chi connectivity index (χ4n) is 3.23. The lowest BCUT2D eigenvalue weighted by Crippen LogP contribution is -2.25. The molecule has 4 heteroatoms. The normalized spacial score (nSPS) is 14.5. The number of hydrogen-bond donors (Lipinski definition) is 1. The van der Waals surface area contributed by atoms with E-state index in [0.29, 0.717) is 6.47 Å². The Hall–Kier alpha value is -3.27. The predicted octanol–water partition coefficient (Wildman–Crippen LogP) is 5.55. The molecule has 0 aliphatic carbocycles. The minimum absolute atomic E-state index is 0.0588. The zero-order valence-electron chi connectivity index (χ0n) is 16.0. The van der Waals surface area contributed by atoms with Crippen molar-refractivity contribution < 1.29 is 14.6 Å². The van der Waals surface area contributed by atoms with E-state index in [1.165, 1.54) is 30.2 Å². The van der Waals surface area contributed by atoms with Gasteiger partial charge in [0.05, 0.1) is 0 Å². The smallest absolute Gasteiger partial charge is 0.298 e. The molecular weight excluding hydrogens is 350 g/mol. The van der Waals surface area contributed by atoms with Crippen molar-refractivity contribution >= 4 is 24.3 Å². The number of rotatable bonds is 8. The quantitative estimate of drug-likeness (QED) is 0.485. The number of phenols is 1. The number of para-hydroxylation sites is 1. The summed E-state index contributed by atoms with van der Waals surface area (Å²) in [6.07, 6.45) is 13.8. The number of fused-ring (bicyclic) bond motifs is 1. The number of hydrogen-bond acceptors (Lipinski definition) is 4. The summed E-state index contributed by atoms with van der Waals surface area (Å²) in [5, 5.41) is 9.69. The standard InChI is InChI=1S/C24H25NO3/c1-2-3-6-16-25-21(14-13-20-9-4-5-11-22(20)25)10-7-8-19-12-15-23(27)24(17-19)28-18-26/h4-5,7-15,17-18,27H,2-3,6,16H2,1H3/b8-7+,21-10+. The van der Waals surface area contributed by atoms with Gasteiger partial charge in [-0.05, 0) is 47.9 Å². The molecule has 1 N–H and O–H groups in total. The van der Waals surface area contributed by atoms with Gasteiger partial charge in [-0.25, -0.2) is 0 Å². The second kappa shape index (κ2) is 9.60. The molecule has 0 radical (unpaired) electrons. The van der Waals surface area contributed by atoms with Gasteiger partial charge in [0.1, 0.15) is 0 Å². The molecule has 28 heavy (non-hydrogen) atoms. The van der Waals surface area contributed by atoms with Crippen LogP contribution in [0.1, 0.15) is 37.3 Å². The average Bonchev–Trinajstić information content (AvgIpc) is 2.71. The lowest BCUT2D eigenvalue weighted by molar-refractivity contribution is -0.120. The van der Waals surface area contributed by atoms with Crippen LogP contribution >= 0.6 is 0 Å². The SMILES string of the molecule is CCCCCN1/C(=C/C=C/c2ccc(O)c(OC=O)c2)C=Cc2ccccc21. The zero-order valence-corrected chi connectivity index (χ0v) is 16.0. The molecule has 1 heterocycles. The lowest BCUT2D eigenvalue weighted by atomic mass is 10.0. The molecule has 0 saturated heterocycles. The average molecular weight is 375 g/mol. The third-order valence-corrected chi connectivity index (χ3v) is 4.67. The number of phenolic OH excluding ortho intramolecular Hbond substituents is 1. The number of carbonyl (C=O) groups excluding carboxylic acids is 1. The summed E-state index contributed by atoms with van der Waals surface area (Å²) < 4.78 is 4.79. The molecule has 4 nitrogen and oxygen atoms in total. The van der Waals surface area contributed by atoms with Crippen LogP contribution in [-0.4, -0.2) is 18.1 Å². The predicted molar refractivity (Wildman–Crippen MR) is 114 cm³/mol. The Morgan fingerprint density at radius 1 is 1.11 bits per heavy atom. The first-order chi connectivity index (χ1) is 13.7. The number of anilines is 1. The molecule has 0 atom stereocenters. The highest BCUT2D eigenvalue weighted by molar-refractivity contribution is 5.76. The van der Waals surface area contributed by atoms with E-state index in [1.807, 2.05) is 12.2 Å². The van der Waals surface area contributed by atoms with E-state index < -0.39 is 0 Å². The number of aromatic hydroxyl groups is 1. The van der Waals surface area contributed by atoms with Gasteiger partial charge in [0, 0.05) is 17.9 Å². The van der Waals surface area contributed by atoms with Crippen molar-refractivity contribution in [3.05, 3.63) is 77.5 Å². The fraction of sp³-hybridized carbons (Fsp3) is 0.208. The van der Waals surface area contributed by atoms with Crippen molar-refractivity contribution in [3.63, 3.8) is 0 Å². The maximum Gasteiger partial charge on any atom is 0.298 e. The Balaban J connectivity index is 1.82. The third-order valence-electron chi connectivity index (χ3n) is 4.67. The summed E-state index contributed by atoms with van der Waals surface area (Å²) in [7, 11) is 0. The van der Waals surface area contributed by atoms with E-state index in [-0.39, 0.29) is 11.5 Å². The van der Waals surface area contributed by atoms with E-state index >= 15 is 0 Å². The van der Waals surface area contributed by atoms with Gasteiger partial charge in [-0.2, -0.15) is 0 Å². The Morgan fingerprint density at radius 3 is 2.79 bits per heavy atom. The van der Waals surface area contributed by atoms with Gasteiger partial charge in [-0.3, -0.25) is 4.79 Å². The van der Waals surface area contributed by atoms with Crippen LogP contribution in [0, 0.1) is 0 Å². The van der Waals surface area contributed by atoms with Crippen molar-refractivity contribution in [2.75, 3.05) is 11.4 Å².